The van der Waals surface area contributed by atoms with Gasteiger partial charge in [0.2, 0.25) is 5.69 Å². The average Bonchev–Trinajstić information content (AvgIpc) is 2.47. The second-order valence-corrected chi connectivity index (χ2v) is 3.71. The fourth-order valence-electron chi connectivity index (χ4n) is 1.43. The molecular formula is C12H14ClNO2. The third kappa shape index (κ3) is 2.04. The summed E-state index contributed by atoms with van der Waals surface area (Å²) in [7, 11) is 0. The van der Waals surface area contributed by atoms with Crippen molar-refractivity contribution in [2.45, 2.75) is 20.8 Å². The predicted octanol–water partition coefficient (Wildman–Crippen LogP) is 2.93. The third-order valence-corrected chi connectivity index (χ3v) is 2.55. The second-order valence-electron chi connectivity index (χ2n) is 3.71. The summed E-state index contributed by atoms with van der Waals surface area (Å²) in [6, 6.07) is 7.70. The van der Waals surface area contributed by atoms with Crippen LogP contribution in [0, 0.1) is 26.0 Å². The monoisotopic (exact) mass is 239 g/mol. The number of benzene rings is 1. The lowest BCUT2D eigenvalue weighted by molar-refractivity contribution is -0.602. The van der Waals surface area contributed by atoms with Crippen LogP contribution in [0.3, 0.4) is 0 Å². The van der Waals surface area contributed by atoms with Gasteiger partial charge in [-0.15, -0.1) is 17.1 Å². The molecule has 0 saturated carbocycles. The van der Waals surface area contributed by atoms with Crippen LogP contribution in [0.15, 0.2) is 28.7 Å². The Hall–Kier alpha value is -1.48. The molecule has 0 spiro atoms. The van der Waals surface area contributed by atoms with Gasteiger partial charge < -0.3 is 9.62 Å². The zero-order valence-corrected chi connectivity index (χ0v) is 10.3. The molecule has 0 radical (unpaired) electrons. The summed E-state index contributed by atoms with van der Waals surface area (Å²) in [5.41, 5.74) is 2.59. The molecule has 0 aliphatic carbocycles. The number of aromatic nitrogens is 1. The van der Waals surface area contributed by atoms with Gasteiger partial charge in [-0.05, 0) is 19.1 Å². The Balaban J connectivity index is 0.00000128. The van der Waals surface area contributed by atoms with Crippen LogP contribution in [0.1, 0.15) is 17.0 Å². The predicted molar refractivity (Wildman–Crippen MR) is 64.6 cm³/mol. The molecule has 3 nitrogen and oxygen atoms in total. The second kappa shape index (κ2) is 4.58. The van der Waals surface area contributed by atoms with Crippen molar-refractivity contribution in [1.82, 2.24) is 0 Å². The van der Waals surface area contributed by atoms with Crippen molar-refractivity contribution in [1.29, 1.82) is 0 Å². The van der Waals surface area contributed by atoms with Gasteiger partial charge in [0.25, 0.3) is 0 Å². The highest BCUT2D eigenvalue weighted by molar-refractivity contribution is 5.85. The van der Waals surface area contributed by atoms with Gasteiger partial charge in [0, 0.05) is 13.8 Å². The quantitative estimate of drug-likeness (QED) is 0.567. The number of halogens is 1. The highest BCUT2D eigenvalue weighted by Gasteiger charge is 2.19. The number of nitrogens with zero attached hydrogens (tertiary/aromatic N) is 1. The molecule has 0 bridgehead atoms. The summed E-state index contributed by atoms with van der Waals surface area (Å²) >= 11 is 0. The van der Waals surface area contributed by atoms with E-state index in [1.54, 1.807) is 13.8 Å². The van der Waals surface area contributed by atoms with Gasteiger partial charge in [-0.2, -0.15) is 0 Å². The largest absolute Gasteiger partial charge is 0.616 e. The smallest absolute Gasteiger partial charge is 0.392 e. The molecule has 1 heterocycles. The lowest BCUT2D eigenvalue weighted by Crippen LogP contribution is -2.29. The molecule has 1 aromatic carbocycles. The van der Waals surface area contributed by atoms with Gasteiger partial charge in [0.1, 0.15) is 0 Å². The van der Waals surface area contributed by atoms with Gasteiger partial charge in [-0.3, -0.25) is 0 Å². The van der Waals surface area contributed by atoms with Crippen LogP contribution in [0.4, 0.5) is 0 Å². The molecule has 1 aromatic heterocycles. The maximum Gasteiger partial charge on any atom is 0.392 e. The minimum absolute atomic E-state index is 0. The maximum atomic E-state index is 11.7. The molecule has 2 rings (SSSR count). The van der Waals surface area contributed by atoms with Gasteiger partial charge in [-0.1, -0.05) is 17.7 Å². The molecule has 0 N–H and O–H groups in total. The van der Waals surface area contributed by atoms with E-state index >= 15 is 0 Å². The number of oxazole rings is 1. The fraction of sp³-hybridized carbons (Fsp3) is 0.250. The highest BCUT2D eigenvalue weighted by Crippen LogP contribution is 2.19. The van der Waals surface area contributed by atoms with Crippen LogP contribution < -0.4 is 4.73 Å². The molecule has 0 aliphatic rings. The van der Waals surface area contributed by atoms with Gasteiger partial charge in [-0.25, -0.2) is 0 Å². The van der Waals surface area contributed by atoms with E-state index in [-0.39, 0.29) is 12.4 Å². The Bertz CT molecular complexity index is 488. The van der Waals surface area contributed by atoms with E-state index in [0.717, 1.165) is 15.9 Å². The minimum atomic E-state index is 0. The zero-order chi connectivity index (χ0) is 11.0. The van der Waals surface area contributed by atoms with Gasteiger partial charge in [0.15, 0.2) is 5.76 Å². The summed E-state index contributed by atoms with van der Waals surface area (Å²) in [5.74, 6) is 1.03. The van der Waals surface area contributed by atoms with Gasteiger partial charge >= 0.3 is 5.89 Å². The zero-order valence-electron chi connectivity index (χ0n) is 9.48. The van der Waals surface area contributed by atoms with Crippen molar-refractivity contribution < 1.29 is 9.15 Å². The maximum absolute atomic E-state index is 11.7. The molecule has 0 amide bonds. The van der Waals surface area contributed by atoms with E-state index in [4.69, 9.17) is 4.42 Å². The topological polar surface area (TPSA) is 40.1 Å². The van der Waals surface area contributed by atoms with Crippen LogP contribution in [-0.4, -0.2) is 0 Å². The lowest BCUT2D eigenvalue weighted by Gasteiger charge is -1.97. The summed E-state index contributed by atoms with van der Waals surface area (Å²) in [4.78, 5) is 0. The van der Waals surface area contributed by atoms with Crippen LogP contribution in [0.2, 0.25) is 0 Å². The summed E-state index contributed by atoms with van der Waals surface area (Å²) < 4.78 is 6.25. The molecule has 0 aliphatic heterocycles. The average molecular weight is 240 g/mol. The number of hydrogen-bond acceptors (Lipinski definition) is 2. The molecule has 0 unspecified atom stereocenters. The lowest BCUT2D eigenvalue weighted by atomic mass is 10.1. The Kier molecular flexibility index (Phi) is 3.60. The van der Waals surface area contributed by atoms with Crippen LogP contribution >= 0.6 is 12.4 Å². The van der Waals surface area contributed by atoms with E-state index < -0.39 is 0 Å². The van der Waals surface area contributed by atoms with E-state index in [2.05, 4.69) is 0 Å². The Labute approximate surface area is 101 Å². The van der Waals surface area contributed by atoms with Crippen molar-refractivity contribution in [2.75, 3.05) is 0 Å². The normalized spacial score (nSPS) is 9.94. The molecular weight excluding hydrogens is 226 g/mol. The summed E-state index contributed by atoms with van der Waals surface area (Å²) in [5, 5.41) is 11.7. The molecule has 0 saturated heterocycles. The van der Waals surface area contributed by atoms with Gasteiger partial charge in [0.05, 0.1) is 5.56 Å². The first-order chi connectivity index (χ1) is 7.09. The fourth-order valence-corrected chi connectivity index (χ4v) is 1.43. The van der Waals surface area contributed by atoms with E-state index in [9.17, 15) is 5.21 Å². The number of hydrogen-bond donors (Lipinski definition) is 0. The Morgan fingerprint density at radius 3 is 2.06 bits per heavy atom. The first kappa shape index (κ1) is 12.6. The van der Waals surface area contributed by atoms with Crippen molar-refractivity contribution in [2.24, 2.45) is 0 Å². The van der Waals surface area contributed by atoms with E-state index in [1.807, 2.05) is 31.2 Å². The van der Waals surface area contributed by atoms with Crippen molar-refractivity contribution in [3.05, 3.63) is 46.5 Å². The van der Waals surface area contributed by atoms with E-state index in [0.29, 0.717) is 17.3 Å². The first-order valence-electron chi connectivity index (χ1n) is 4.86. The Morgan fingerprint density at radius 1 is 1.06 bits per heavy atom. The molecule has 4 heteroatoms. The molecule has 2 aromatic rings. The number of aryl methyl sites for hydroxylation is 2. The standard InChI is InChI=1S/C12H13NO2.ClH/c1-8-4-6-11(7-5-8)12-13(14)9(2)10(3)15-12;/h4-7H,1-3H3;1H. The van der Waals surface area contributed by atoms with Crippen LogP contribution in [0.25, 0.3) is 11.5 Å². The van der Waals surface area contributed by atoms with Crippen molar-refractivity contribution in [3.63, 3.8) is 0 Å². The third-order valence-electron chi connectivity index (χ3n) is 2.55. The first-order valence-corrected chi connectivity index (χ1v) is 4.86. The highest BCUT2D eigenvalue weighted by atomic mass is 35.5. The summed E-state index contributed by atoms with van der Waals surface area (Å²) in [6.45, 7) is 5.55. The van der Waals surface area contributed by atoms with E-state index in [1.165, 1.54) is 0 Å². The molecule has 0 fully saturated rings. The SMILES string of the molecule is Cc1ccc(-c2oc(C)c(C)[n+]2[O-])cc1.Cl. The Morgan fingerprint density at radius 2 is 1.62 bits per heavy atom. The van der Waals surface area contributed by atoms with Crippen LogP contribution in [-0.2, 0) is 0 Å². The van der Waals surface area contributed by atoms with Crippen molar-refractivity contribution in [3.8, 4) is 11.5 Å². The molecule has 16 heavy (non-hydrogen) atoms. The van der Waals surface area contributed by atoms with Crippen LogP contribution in [0.5, 0.6) is 0 Å². The minimum Gasteiger partial charge on any atom is -0.616 e. The summed E-state index contributed by atoms with van der Waals surface area (Å²) in [6.07, 6.45) is 0. The van der Waals surface area contributed by atoms with Crippen molar-refractivity contribution >= 4 is 12.4 Å². The molecule has 86 valence electrons. The molecule has 0 atom stereocenters. The number of rotatable bonds is 1.